The van der Waals surface area contributed by atoms with Crippen molar-refractivity contribution in [2.75, 3.05) is 13.2 Å². The Morgan fingerprint density at radius 2 is 1.04 bits per heavy atom. The second-order valence-corrected chi connectivity index (χ2v) is 13.2. The third-order valence-corrected chi connectivity index (χ3v) is 7.74. The molecule has 0 heterocycles. The molecule has 0 bridgehead atoms. The number of esters is 2. The van der Waals surface area contributed by atoms with Gasteiger partial charge >= 0.3 is 19.8 Å². The molecule has 51 heavy (non-hydrogen) atoms. The van der Waals surface area contributed by atoms with E-state index in [0.717, 1.165) is 77.0 Å². The molecule has 2 atom stereocenters. The Bertz CT molecular complexity index is 1160. The van der Waals surface area contributed by atoms with Gasteiger partial charge in [0.15, 0.2) is 6.10 Å². The predicted octanol–water partition coefficient (Wildman–Crippen LogP) is 10.0. The van der Waals surface area contributed by atoms with Crippen molar-refractivity contribution < 1.29 is 43.0 Å². The van der Waals surface area contributed by atoms with Crippen molar-refractivity contribution in [1.82, 2.24) is 0 Å². The highest BCUT2D eigenvalue weighted by molar-refractivity contribution is 7.46. The number of unbranched alkanes of at least 4 members (excludes halogenated alkanes) is 3. The molecule has 0 aliphatic carbocycles. The molecule has 0 unspecified atom stereocenters. The fraction of sp³-hybridized carbons (Fsp3) is 0.561. The first kappa shape index (κ1) is 47.9. The standard InChI is InChI=1S/C41H65O9P/c1-3-5-6-7-8-9-10-11-12-17-20-23-26-29-32-35-41(44)50-39(37-49-51(45,46)47)36-48-40(43)34-31-28-25-22-19-16-14-13-15-18-21-24-27-30-33-38(42)4-2/h5-6,8-9,11-12,14-16,18,20,22-25,27,38-39,42H,3-4,7,10,13,17,19,21,26,28-37H2,1-2H3,(H2,45,46,47)/b6-5-,9-8-,12-11-,16-14-,18-15-,23-20-,25-22-,27-24-/t38-,39+/m0/s1. The summed E-state index contributed by atoms with van der Waals surface area (Å²) in [5, 5.41) is 9.53. The maximum atomic E-state index is 12.3. The van der Waals surface area contributed by atoms with Crippen LogP contribution in [0.15, 0.2) is 97.2 Å². The maximum Gasteiger partial charge on any atom is 0.469 e. The number of ether oxygens (including phenoxy) is 2. The third kappa shape index (κ3) is 38.0. The molecule has 10 heteroatoms. The van der Waals surface area contributed by atoms with Crippen LogP contribution in [0.2, 0.25) is 0 Å². The van der Waals surface area contributed by atoms with Crippen molar-refractivity contribution in [3.05, 3.63) is 97.2 Å². The number of phosphoric ester groups is 1. The van der Waals surface area contributed by atoms with Gasteiger partial charge in [0.25, 0.3) is 0 Å². The minimum atomic E-state index is -4.79. The lowest BCUT2D eigenvalue weighted by atomic mass is 10.1. The van der Waals surface area contributed by atoms with E-state index in [-0.39, 0.29) is 25.6 Å². The van der Waals surface area contributed by atoms with Crippen molar-refractivity contribution in [3.63, 3.8) is 0 Å². The number of hydrogen-bond acceptors (Lipinski definition) is 7. The van der Waals surface area contributed by atoms with Crippen LogP contribution in [0.1, 0.15) is 123 Å². The van der Waals surface area contributed by atoms with Gasteiger partial charge in [-0.15, -0.1) is 0 Å². The Labute approximate surface area is 307 Å². The zero-order valence-electron chi connectivity index (χ0n) is 31.1. The summed E-state index contributed by atoms with van der Waals surface area (Å²) >= 11 is 0. The van der Waals surface area contributed by atoms with Gasteiger partial charge in [0.1, 0.15) is 6.61 Å². The van der Waals surface area contributed by atoms with Crippen LogP contribution in [0.25, 0.3) is 0 Å². The minimum absolute atomic E-state index is 0.135. The minimum Gasteiger partial charge on any atom is -0.462 e. The highest BCUT2D eigenvalue weighted by atomic mass is 31.2. The lowest BCUT2D eigenvalue weighted by molar-refractivity contribution is -0.161. The highest BCUT2D eigenvalue weighted by Gasteiger charge is 2.22. The third-order valence-electron chi connectivity index (χ3n) is 7.25. The van der Waals surface area contributed by atoms with Gasteiger partial charge < -0.3 is 24.4 Å². The van der Waals surface area contributed by atoms with E-state index in [1.54, 1.807) is 0 Å². The van der Waals surface area contributed by atoms with Crippen LogP contribution in [0, 0.1) is 0 Å². The Hall–Kier alpha value is -3.07. The number of hydrogen-bond donors (Lipinski definition) is 3. The van der Waals surface area contributed by atoms with Crippen LogP contribution in [-0.4, -0.2) is 52.3 Å². The molecule has 0 aliphatic heterocycles. The summed E-state index contributed by atoms with van der Waals surface area (Å²) in [6.45, 7) is 3.18. The summed E-state index contributed by atoms with van der Waals surface area (Å²) in [4.78, 5) is 42.7. The molecule has 288 valence electrons. The molecule has 0 spiro atoms. The van der Waals surface area contributed by atoms with E-state index in [1.807, 2.05) is 19.1 Å². The van der Waals surface area contributed by atoms with E-state index in [1.165, 1.54) is 0 Å². The molecule has 0 saturated carbocycles. The van der Waals surface area contributed by atoms with Gasteiger partial charge in [-0.3, -0.25) is 14.1 Å². The summed E-state index contributed by atoms with van der Waals surface area (Å²) in [6.07, 6.45) is 45.1. The van der Waals surface area contributed by atoms with Crippen LogP contribution in [-0.2, 0) is 28.2 Å². The molecule has 3 N–H and O–H groups in total. The van der Waals surface area contributed by atoms with Gasteiger partial charge in [0, 0.05) is 12.8 Å². The van der Waals surface area contributed by atoms with E-state index in [0.29, 0.717) is 19.3 Å². The van der Waals surface area contributed by atoms with Crippen molar-refractivity contribution in [3.8, 4) is 0 Å². The number of carbonyl (C=O) groups excluding carboxylic acids is 2. The molecule has 0 radical (unpaired) electrons. The molecule has 0 rings (SSSR count). The van der Waals surface area contributed by atoms with Crippen molar-refractivity contribution >= 4 is 19.8 Å². The van der Waals surface area contributed by atoms with E-state index in [9.17, 15) is 19.3 Å². The largest absolute Gasteiger partial charge is 0.469 e. The average Bonchev–Trinajstić information content (AvgIpc) is 3.10. The Morgan fingerprint density at radius 3 is 1.53 bits per heavy atom. The summed E-state index contributed by atoms with van der Waals surface area (Å²) in [5.74, 6) is -1.03. The van der Waals surface area contributed by atoms with Crippen LogP contribution < -0.4 is 0 Å². The van der Waals surface area contributed by atoms with Crippen LogP contribution in [0.5, 0.6) is 0 Å². The fourth-order valence-corrected chi connectivity index (χ4v) is 4.69. The topological polar surface area (TPSA) is 140 Å². The number of carbonyl (C=O) groups is 2. The summed E-state index contributed by atoms with van der Waals surface area (Å²) in [6, 6.07) is 0. The molecule has 0 aromatic heterocycles. The predicted molar refractivity (Wildman–Crippen MR) is 208 cm³/mol. The molecule has 9 nitrogen and oxygen atoms in total. The maximum absolute atomic E-state index is 12.3. The smallest absolute Gasteiger partial charge is 0.462 e. The number of allylic oxidation sites excluding steroid dienone is 16. The molecular formula is C41H65O9P. The quantitative estimate of drug-likeness (QED) is 0.0267. The normalized spacial score (nSPS) is 14.2. The average molecular weight is 733 g/mol. The second kappa shape index (κ2) is 35.3. The van der Waals surface area contributed by atoms with E-state index < -0.39 is 32.5 Å². The number of aliphatic hydroxyl groups excluding tert-OH is 1. The Morgan fingerprint density at radius 1 is 0.588 bits per heavy atom. The molecule has 0 amide bonds. The molecular weight excluding hydrogens is 667 g/mol. The lowest BCUT2D eigenvalue weighted by Gasteiger charge is -2.18. The lowest BCUT2D eigenvalue weighted by Crippen LogP contribution is -2.29. The van der Waals surface area contributed by atoms with Gasteiger partial charge in [0.05, 0.1) is 12.7 Å². The zero-order chi connectivity index (χ0) is 37.7. The van der Waals surface area contributed by atoms with Gasteiger partial charge in [-0.2, -0.15) is 0 Å². The van der Waals surface area contributed by atoms with E-state index in [2.05, 4.69) is 96.5 Å². The van der Waals surface area contributed by atoms with Gasteiger partial charge in [-0.1, -0.05) is 111 Å². The molecule has 0 aromatic rings. The van der Waals surface area contributed by atoms with Gasteiger partial charge in [-0.25, -0.2) is 4.57 Å². The molecule has 0 saturated heterocycles. The Balaban J connectivity index is 4.18. The zero-order valence-corrected chi connectivity index (χ0v) is 32.0. The second-order valence-electron chi connectivity index (χ2n) is 12.0. The Kier molecular flexibility index (Phi) is 33.2. The van der Waals surface area contributed by atoms with E-state index in [4.69, 9.17) is 19.3 Å². The van der Waals surface area contributed by atoms with Gasteiger partial charge in [-0.05, 0) is 96.3 Å². The van der Waals surface area contributed by atoms with Crippen molar-refractivity contribution in [2.24, 2.45) is 0 Å². The number of phosphoric acid groups is 1. The number of aliphatic hydroxyl groups is 1. The fourth-order valence-electron chi connectivity index (χ4n) is 4.33. The van der Waals surface area contributed by atoms with Crippen LogP contribution in [0.4, 0.5) is 0 Å². The summed E-state index contributed by atoms with van der Waals surface area (Å²) < 4.78 is 26.2. The monoisotopic (exact) mass is 732 g/mol. The highest BCUT2D eigenvalue weighted by Crippen LogP contribution is 2.35. The van der Waals surface area contributed by atoms with Crippen molar-refractivity contribution in [2.45, 2.75) is 135 Å². The van der Waals surface area contributed by atoms with Crippen molar-refractivity contribution in [1.29, 1.82) is 0 Å². The molecule has 0 aliphatic rings. The number of rotatable bonds is 32. The van der Waals surface area contributed by atoms with Gasteiger partial charge in [0.2, 0.25) is 0 Å². The first-order chi connectivity index (χ1) is 24.7. The molecule has 0 aromatic carbocycles. The summed E-state index contributed by atoms with van der Waals surface area (Å²) in [5.41, 5.74) is 0. The first-order valence-corrected chi connectivity index (χ1v) is 20.1. The molecule has 0 fully saturated rings. The SMILES string of the molecule is CC/C=C\C/C=C\C/C=C\C/C=C\CCCCC(=O)O[C@H](COC(=O)CCC/C=C\C/C=C\C/C=C\C/C=C\CC[C@@H](O)CC)COP(=O)(O)O. The van der Waals surface area contributed by atoms with Crippen LogP contribution in [0.3, 0.4) is 0 Å². The van der Waals surface area contributed by atoms with E-state index >= 15 is 0 Å². The van der Waals surface area contributed by atoms with Crippen LogP contribution >= 0.6 is 7.82 Å². The first-order valence-electron chi connectivity index (χ1n) is 18.6. The summed E-state index contributed by atoms with van der Waals surface area (Å²) in [7, 11) is -4.79.